The monoisotopic (exact) mass is 334 g/mol. The Balaban J connectivity index is 1.95. The smallest absolute Gasteiger partial charge is 0.129 e. The van der Waals surface area contributed by atoms with Crippen molar-refractivity contribution in [3.63, 3.8) is 0 Å². The number of halogens is 3. The van der Waals surface area contributed by atoms with Gasteiger partial charge in [0.15, 0.2) is 0 Å². The van der Waals surface area contributed by atoms with Crippen LogP contribution in [-0.4, -0.2) is 11.5 Å². The molecule has 0 fully saturated rings. The molecular weight excluding hydrogens is 322 g/mol. The highest BCUT2D eigenvalue weighted by atomic mass is 35.5. The van der Waals surface area contributed by atoms with Gasteiger partial charge in [-0.2, -0.15) is 0 Å². The van der Waals surface area contributed by atoms with E-state index in [9.17, 15) is 4.39 Å². The molecule has 4 rings (SSSR count). The maximum atomic E-state index is 14.3. The van der Waals surface area contributed by atoms with E-state index in [4.69, 9.17) is 23.2 Å². The number of H-pyrrole nitrogens is 1. The molecule has 2 nitrogen and oxygen atoms in total. The third-order valence-corrected chi connectivity index (χ3v) is 4.77. The van der Waals surface area contributed by atoms with Crippen LogP contribution >= 0.6 is 23.2 Å². The number of hydrogen-bond donors (Lipinski definition) is 2. The van der Waals surface area contributed by atoms with Crippen molar-refractivity contribution in [2.24, 2.45) is 0 Å². The summed E-state index contributed by atoms with van der Waals surface area (Å²) in [6.07, 6.45) is 0.873. The second kappa shape index (κ2) is 5.27. The highest BCUT2D eigenvalue weighted by molar-refractivity contribution is 6.31. The molecule has 22 heavy (non-hydrogen) atoms. The molecule has 0 bridgehead atoms. The Morgan fingerprint density at radius 3 is 2.82 bits per heavy atom. The van der Waals surface area contributed by atoms with E-state index in [1.807, 2.05) is 18.2 Å². The molecule has 0 amide bonds. The molecule has 1 aliphatic heterocycles. The highest BCUT2D eigenvalue weighted by Crippen LogP contribution is 2.37. The zero-order chi connectivity index (χ0) is 15.3. The molecular formula is C17H13Cl2FN2. The standard InChI is InChI=1S/C17H13Cl2FN2/c18-9-4-5-14-11(8-9)10-6-7-21-17(16(10)22-14)15-12(19)2-1-3-13(15)20/h1-5,8,17,21-22H,6-7H2. The second-order valence-electron chi connectivity index (χ2n) is 5.48. The number of hydrogen-bond acceptors (Lipinski definition) is 1. The van der Waals surface area contributed by atoms with Crippen LogP contribution in [0.2, 0.25) is 10.0 Å². The Morgan fingerprint density at radius 1 is 1.14 bits per heavy atom. The minimum absolute atomic E-state index is 0.274. The van der Waals surface area contributed by atoms with Crippen LogP contribution in [0.25, 0.3) is 10.9 Å². The Hall–Kier alpha value is -1.55. The van der Waals surface area contributed by atoms with Gasteiger partial charge in [-0.25, -0.2) is 4.39 Å². The molecule has 2 N–H and O–H groups in total. The molecule has 1 unspecified atom stereocenters. The molecule has 1 atom stereocenters. The van der Waals surface area contributed by atoms with Crippen LogP contribution in [0.1, 0.15) is 22.9 Å². The predicted octanol–water partition coefficient (Wildman–Crippen LogP) is 4.85. The largest absolute Gasteiger partial charge is 0.357 e. The van der Waals surface area contributed by atoms with Crippen molar-refractivity contribution in [3.05, 3.63) is 69.1 Å². The van der Waals surface area contributed by atoms with Crippen molar-refractivity contribution in [2.45, 2.75) is 12.5 Å². The van der Waals surface area contributed by atoms with Gasteiger partial charge in [-0.15, -0.1) is 0 Å². The Morgan fingerprint density at radius 2 is 2.00 bits per heavy atom. The van der Waals surface area contributed by atoms with E-state index >= 15 is 0 Å². The van der Waals surface area contributed by atoms with Crippen molar-refractivity contribution < 1.29 is 4.39 Å². The summed E-state index contributed by atoms with van der Waals surface area (Å²) < 4.78 is 14.3. The molecule has 2 heterocycles. The Labute approximate surface area is 137 Å². The molecule has 2 aromatic carbocycles. The summed E-state index contributed by atoms with van der Waals surface area (Å²) in [5.41, 5.74) is 3.65. The van der Waals surface area contributed by atoms with Crippen molar-refractivity contribution >= 4 is 34.1 Å². The van der Waals surface area contributed by atoms with Gasteiger partial charge in [0.05, 0.1) is 6.04 Å². The minimum Gasteiger partial charge on any atom is -0.357 e. The summed E-state index contributed by atoms with van der Waals surface area (Å²) in [5, 5.41) is 5.59. The third kappa shape index (κ3) is 2.12. The van der Waals surface area contributed by atoms with E-state index in [2.05, 4.69) is 10.3 Å². The first-order valence-electron chi connectivity index (χ1n) is 7.12. The van der Waals surface area contributed by atoms with Gasteiger partial charge in [0.1, 0.15) is 5.82 Å². The average molecular weight is 335 g/mol. The van der Waals surface area contributed by atoms with Crippen LogP contribution in [-0.2, 0) is 6.42 Å². The zero-order valence-corrected chi connectivity index (χ0v) is 13.1. The summed E-state index contributed by atoms with van der Waals surface area (Å²) in [5.74, 6) is -0.297. The molecule has 112 valence electrons. The number of benzene rings is 2. The topological polar surface area (TPSA) is 27.8 Å². The van der Waals surface area contributed by atoms with Gasteiger partial charge in [-0.1, -0.05) is 29.3 Å². The lowest BCUT2D eigenvalue weighted by molar-refractivity contribution is 0.523. The number of aromatic amines is 1. The summed E-state index contributed by atoms with van der Waals surface area (Å²) in [6, 6.07) is 10.3. The molecule has 0 saturated heterocycles. The van der Waals surface area contributed by atoms with E-state index in [-0.39, 0.29) is 11.9 Å². The molecule has 3 aromatic rings. The van der Waals surface area contributed by atoms with E-state index in [0.29, 0.717) is 15.6 Å². The van der Waals surface area contributed by atoms with Gasteiger partial charge >= 0.3 is 0 Å². The number of fused-ring (bicyclic) bond motifs is 3. The molecule has 5 heteroatoms. The normalized spacial score (nSPS) is 17.7. The number of aromatic nitrogens is 1. The number of nitrogens with one attached hydrogen (secondary N) is 2. The van der Waals surface area contributed by atoms with E-state index in [1.165, 1.54) is 11.6 Å². The summed E-state index contributed by atoms with van der Waals surface area (Å²) >= 11 is 12.3. The summed E-state index contributed by atoms with van der Waals surface area (Å²) in [6.45, 7) is 0.766. The Kier molecular flexibility index (Phi) is 3.37. The quantitative estimate of drug-likeness (QED) is 0.654. The molecule has 1 aromatic heterocycles. The van der Waals surface area contributed by atoms with Gasteiger partial charge in [0.2, 0.25) is 0 Å². The first-order valence-corrected chi connectivity index (χ1v) is 7.88. The highest BCUT2D eigenvalue weighted by Gasteiger charge is 2.28. The van der Waals surface area contributed by atoms with Gasteiger partial charge in [0, 0.05) is 38.8 Å². The van der Waals surface area contributed by atoms with Gasteiger partial charge in [-0.05, 0) is 42.3 Å². The lowest BCUT2D eigenvalue weighted by atomic mass is 9.94. The maximum Gasteiger partial charge on any atom is 0.129 e. The summed E-state index contributed by atoms with van der Waals surface area (Å²) in [4.78, 5) is 3.40. The fraction of sp³-hybridized carbons (Fsp3) is 0.176. The Bertz CT molecular complexity index is 852. The minimum atomic E-state index is -0.297. The van der Waals surface area contributed by atoms with Gasteiger partial charge in [-0.3, -0.25) is 0 Å². The molecule has 1 aliphatic rings. The SMILES string of the molecule is Fc1cccc(Cl)c1C1NCCc2c1[nH]c1ccc(Cl)cc21. The maximum absolute atomic E-state index is 14.3. The van der Waals surface area contributed by atoms with E-state index in [0.717, 1.165) is 29.6 Å². The fourth-order valence-electron chi connectivity index (χ4n) is 3.23. The zero-order valence-electron chi connectivity index (χ0n) is 11.6. The van der Waals surface area contributed by atoms with Crippen LogP contribution in [0.3, 0.4) is 0 Å². The number of rotatable bonds is 1. The van der Waals surface area contributed by atoms with Gasteiger partial charge < -0.3 is 10.3 Å². The fourth-order valence-corrected chi connectivity index (χ4v) is 3.68. The van der Waals surface area contributed by atoms with Crippen LogP contribution in [0, 0.1) is 5.82 Å². The van der Waals surface area contributed by atoms with Crippen LogP contribution in [0.15, 0.2) is 36.4 Å². The van der Waals surface area contributed by atoms with Gasteiger partial charge in [0.25, 0.3) is 0 Å². The van der Waals surface area contributed by atoms with E-state index in [1.54, 1.807) is 12.1 Å². The third-order valence-electron chi connectivity index (χ3n) is 4.20. The lowest BCUT2D eigenvalue weighted by Crippen LogP contribution is -2.31. The van der Waals surface area contributed by atoms with Crippen molar-refractivity contribution in [2.75, 3.05) is 6.54 Å². The van der Waals surface area contributed by atoms with E-state index < -0.39 is 0 Å². The lowest BCUT2D eigenvalue weighted by Gasteiger charge is -2.25. The van der Waals surface area contributed by atoms with Crippen LogP contribution < -0.4 is 5.32 Å². The van der Waals surface area contributed by atoms with Crippen LogP contribution in [0.4, 0.5) is 4.39 Å². The summed E-state index contributed by atoms with van der Waals surface area (Å²) in [7, 11) is 0. The van der Waals surface area contributed by atoms with Crippen LogP contribution in [0.5, 0.6) is 0 Å². The first-order chi connectivity index (χ1) is 10.6. The van der Waals surface area contributed by atoms with Crippen molar-refractivity contribution in [3.8, 4) is 0 Å². The molecule has 0 radical (unpaired) electrons. The molecule has 0 aliphatic carbocycles. The molecule has 0 spiro atoms. The first kappa shape index (κ1) is 14.1. The molecule has 0 saturated carbocycles. The van der Waals surface area contributed by atoms with Crippen molar-refractivity contribution in [1.29, 1.82) is 0 Å². The van der Waals surface area contributed by atoms with Crippen molar-refractivity contribution in [1.82, 2.24) is 10.3 Å². The predicted molar refractivity (Wildman–Crippen MR) is 88.3 cm³/mol. The average Bonchev–Trinajstić information content (AvgIpc) is 2.86. The second-order valence-corrected chi connectivity index (χ2v) is 6.32.